The predicted molar refractivity (Wildman–Crippen MR) is 106 cm³/mol. The Morgan fingerprint density at radius 2 is 1.65 bits per heavy atom. The molecule has 2 rings (SSSR count). The summed E-state index contributed by atoms with van der Waals surface area (Å²) in [6.45, 7) is 5.17. The first-order chi connectivity index (χ1) is 12.6. The average Bonchev–Trinajstić information content (AvgIpc) is 2.64. The minimum Gasteiger partial charge on any atom is -0.507 e. The van der Waals surface area contributed by atoms with Gasteiger partial charge in [-0.1, -0.05) is 76.3 Å². The quantitative estimate of drug-likeness (QED) is 0.398. The van der Waals surface area contributed by atoms with Crippen LogP contribution >= 0.6 is 0 Å². The van der Waals surface area contributed by atoms with Crippen LogP contribution in [0.15, 0.2) is 48.5 Å². The molecule has 0 aliphatic carbocycles. The molecule has 0 unspecified atom stereocenters. The normalized spacial score (nSPS) is 10.9. The fourth-order valence-electron chi connectivity index (χ4n) is 2.91. The Balaban J connectivity index is 1.75. The van der Waals surface area contributed by atoms with Crippen LogP contribution in [0.5, 0.6) is 11.5 Å². The van der Waals surface area contributed by atoms with E-state index in [0.29, 0.717) is 23.5 Å². The van der Waals surface area contributed by atoms with E-state index >= 15 is 0 Å². The maximum atomic E-state index is 12.4. The van der Waals surface area contributed by atoms with Gasteiger partial charge in [0.25, 0.3) is 0 Å². The number of carbonyl (C=O) groups excluding carboxylic acids is 1. The lowest BCUT2D eigenvalue weighted by molar-refractivity contribution is 0.103. The highest BCUT2D eigenvalue weighted by molar-refractivity contribution is 6.10. The number of carbonyl (C=O) groups is 1. The summed E-state index contributed by atoms with van der Waals surface area (Å²) in [5.74, 6) is 1.18. The lowest BCUT2D eigenvalue weighted by atomic mass is 10.0. The third kappa shape index (κ3) is 6.55. The largest absolute Gasteiger partial charge is 0.507 e. The molecule has 26 heavy (non-hydrogen) atoms. The first-order valence-electron chi connectivity index (χ1n) is 9.63. The number of phenolic OH excluding ortho intramolecular Hbond substituents is 1. The first-order valence-corrected chi connectivity index (χ1v) is 9.63. The van der Waals surface area contributed by atoms with E-state index in [-0.39, 0.29) is 11.5 Å². The molecule has 0 saturated heterocycles. The summed E-state index contributed by atoms with van der Waals surface area (Å²) in [4.78, 5) is 12.4. The van der Waals surface area contributed by atoms with Crippen molar-refractivity contribution in [2.45, 2.75) is 52.4 Å². The topological polar surface area (TPSA) is 46.5 Å². The zero-order chi connectivity index (χ0) is 18.8. The van der Waals surface area contributed by atoms with Gasteiger partial charge in [0.05, 0.1) is 12.2 Å². The number of hydrogen-bond donors (Lipinski definition) is 1. The van der Waals surface area contributed by atoms with Crippen LogP contribution < -0.4 is 4.74 Å². The molecule has 1 N–H and O–H groups in total. The lowest BCUT2D eigenvalue weighted by Crippen LogP contribution is -2.02. The fraction of sp³-hybridized carbons (Fsp3) is 0.435. The molecular formula is C23H30O3. The Morgan fingerprint density at radius 1 is 0.962 bits per heavy atom. The molecule has 0 amide bonds. The van der Waals surface area contributed by atoms with Crippen LogP contribution in [0.1, 0.15) is 68.3 Å². The second-order valence-electron chi connectivity index (χ2n) is 7.17. The molecule has 0 radical (unpaired) electrons. The number of hydrogen-bond acceptors (Lipinski definition) is 3. The molecular weight excluding hydrogens is 324 g/mol. The van der Waals surface area contributed by atoms with E-state index in [9.17, 15) is 9.90 Å². The Morgan fingerprint density at radius 3 is 2.35 bits per heavy atom. The van der Waals surface area contributed by atoms with Gasteiger partial charge in [-0.25, -0.2) is 0 Å². The summed E-state index contributed by atoms with van der Waals surface area (Å²) in [7, 11) is 0. The molecule has 0 atom stereocenters. The van der Waals surface area contributed by atoms with Gasteiger partial charge < -0.3 is 9.84 Å². The van der Waals surface area contributed by atoms with Crippen LogP contribution in [-0.2, 0) is 0 Å². The number of rotatable bonds is 11. The van der Waals surface area contributed by atoms with Gasteiger partial charge in [0, 0.05) is 11.6 Å². The third-order valence-corrected chi connectivity index (χ3v) is 4.44. The summed E-state index contributed by atoms with van der Waals surface area (Å²) in [6, 6.07) is 13.9. The Kier molecular flexibility index (Phi) is 8.20. The third-order valence-electron chi connectivity index (χ3n) is 4.44. The van der Waals surface area contributed by atoms with Crippen LogP contribution in [0.4, 0.5) is 0 Å². The second kappa shape index (κ2) is 10.6. The van der Waals surface area contributed by atoms with Crippen LogP contribution in [-0.4, -0.2) is 17.5 Å². The molecule has 0 heterocycles. The van der Waals surface area contributed by atoms with E-state index in [1.165, 1.54) is 31.7 Å². The molecule has 2 aromatic carbocycles. The monoisotopic (exact) mass is 354 g/mol. The number of unbranched alkanes of at least 4 members (excludes halogenated alkanes) is 4. The van der Waals surface area contributed by atoms with Crippen LogP contribution in [0.25, 0.3) is 0 Å². The van der Waals surface area contributed by atoms with E-state index < -0.39 is 0 Å². The molecule has 140 valence electrons. The minimum atomic E-state index is -0.184. The number of ether oxygens (including phenoxy) is 1. The van der Waals surface area contributed by atoms with Gasteiger partial charge in [0.2, 0.25) is 0 Å². The molecule has 0 fully saturated rings. The molecule has 3 heteroatoms. The van der Waals surface area contributed by atoms with Gasteiger partial charge in [-0.3, -0.25) is 4.79 Å². The van der Waals surface area contributed by atoms with Crippen molar-refractivity contribution in [3.63, 3.8) is 0 Å². The van der Waals surface area contributed by atoms with Gasteiger partial charge in [0.1, 0.15) is 11.5 Å². The van der Waals surface area contributed by atoms with Gasteiger partial charge >= 0.3 is 0 Å². The van der Waals surface area contributed by atoms with Crippen LogP contribution in [0, 0.1) is 5.92 Å². The number of phenols is 1. The van der Waals surface area contributed by atoms with E-state index in [1.807, 2.05) is 18.2 Å². The Bertz CT molecular complexity index is 677. The zero-order valence-electron chi connectivity index (χ0n) is 15.9. The first kappa shape index (κ1) is 20.0. The summed E-state index contributed by atoms with van der Waals surface area (Å²) < 4.78 is 5.70. The van der Waals surface area contributed by atoms with Crippen molar-refractivity contribution in [1.82, 2.24) is 0 Å². The van der Waals surface area contributed by atoms with E-state index in [2.05, 4.69) is 13.8 Å². The molecule has 0 bridgehead atoms. The lowest BCUT2D eigenvalue weighted by Gasteiger charge is -2.09. The van der Waals surface area contributed by atoms with Crippen molar-refractivity contribution in [1.29, 1.82) is 0 Å². The van der Waals surface area contributed by atoms with E-state index in [0.717, 1.165) is 18.8 Å². The predicted octanol–water partition coefficient (Wildman–Crippen LogP) is 6.00. The highest BCUT2D eigenvalue weighted by Crippen LogP contribution is 2.26. The van der Waals surface area contributed by atoms with Crippen molar-refractivity contribution in [3.05, 3.63) is 59.7 Å². The Labute approximate surface area is 157 Å². The van der Waals surface area contributed by atoms with Crippen LogP contribution in [0.2, 0.25) is 0 Å². The van der Waals surface area contributed by atoms with Gasteiger partial charge in [0.15, 0.2) is 5.78 Å². The van der Waals surface area contributed by atoms with Crippen molar-refractivity contribution in [2.75, 3.05) is 6.61 Å². The molecule has 0 spiro atoms. The highest BCUT2D eigenvalue weighted by atomic mass is 16.5. The average molecular weight is 354 g/mol. The van der Waals surface area contributed by atoms with Crippen LogP contribution in [0.3, 0.4) is 0 Å². The highest BCUT2D eigenvalue weighted by Gasteiger charge is 2.13. The van der Waals surface area contributed by atoms with E-state index in [4.69, 9.17) is 4.74 Å². The molecule has 0 aromatic heterocycles. The second-order valence-corrected chi connectivity index (χ2v) is 7.17. The summed E-state index contributed by atoms with van der Waals surface area (Å²) in [6.07, 6.45) is 7.32. The summed E-state index contributed by atoms with van der Waals surface area (Å²) in [5.41, 5.74) is 0.864. The van der Waals surface area contributed by atoms with Crippen molar-refractivity contribution >= 4 is 5.78 Å². The van der Waals surface area contributed by atoms with Gasteiger partial charge in [-0.2, -0.15) is 0 Å². The van der Waals surface area contributed by atoms with Gasteiger partial charge in [-0.05, 0) is 24.5 Å². The van der Waals surface area contributed by atoms with Crippen molar-refractivity contribution in [3.8, 4) is 11.5 Å². The number of benzene rings is 2. The van der Waals surface area contributed by atoms with Crippen molar-refractivity contribution < 1.29 is 14.6 Å². The number of ketones is 1. The van der Waals surface area contributed by atoms with Gasteiger partial charge in [-0.15, -0.1) is 0 Å². The smallest absolute Gasteiger partial charge is 0.196 e. The molecule has 0 aliphatic rings. The standard InChI is InChI=1S/C23H30O3/c1-18(2)11-7-4-3-5-10-16-26-20-14-15-21(22(24)17-20)23(25)19-12-8-6-9-13-19/h6,8-9,12-15,17-18,24H,3-5,7,10-11,16H2,1-2H3. The summed E-state index contributed by atoms with van der Waals surface area (Å²) >= 11 is 0. The zero-order valence-corrected chi connectivity index (χ0v) is 15.9. The minimum absolute atomic E-state index is 0.0370. The molecule has 0 aliphatic heterocycles. The molecule has 3 nitrogen and oxygen atoms in total. The maximum absolute atomic E-state index is 12.4. The number of aromatic hydroxyl groups is 1. The van der Waals surface area contributed by atoms with Crippen molar-refractivity contribution in [2.24, 2.45) is 5.92 Å². The molecule has 0 saturated carbocycles. The summed E-state index contributed by atoms with van der Waals surface area (Å²) in [5, 5.41) is 10.2. The fourth-order valence-corrected chi connectivity index (χ4v) is 2.91. The maximum Gasteiger partial charge on any atom is 0.196 e. The Hall–Kier alpha value is -2.29. The molecule has 2 aromatic rings. The van der Waals surface area contributed by atoms with E-state index in [1.54, 1.807) is 24.3 Å². The SMILES string of the molecule is CC(C)CCCCCCCOc1ccc(C(=O)c2ccccc2)c(O)c1.